The van der Waals surface area contributed by atoms with E-state index in [1.165, 1.54) is 6.08 Å². The smallest absolute Gasteiger partial charge is 0.0623 e. The second kappa shape index (κ2) is 4.96. The van der Waals surface area contributed by atoms with E-state index in [2.05, 4.69) is 20.9 Å². The highest BCUT2D eigenvalue weighted by molar-refractivity contribution is 9.10. The molecule has 0 amide bonds. The van der Waals surface area contributed by atoms with Crippen LogP contribution in [0, 0.1) is 0 Å². The fourth-order valence-electron chi connectivity index (χ4n) is 0.922. The van der Waals surface area contributed by atoms with Crippen LogP contribution in [0.3, 0.4) is 0 Å². The Bertz CT molecular complexity index is 361. The minimum atomic E-state index is -0.215. The third-order valence-electron chi connectivity index (χ3n) is 1.48. The maximum absolute atomic E-state index is 11.3. The van der Waals surface area contributed by atoms with Gasteiger partial charge < -0.3 is 5.11 Å². The van der Waals surface area contributed by atoms with Gasteiger partial charge in [-0.05, 0) is 44.0 Å². The van der Waals surface area contributed by atoms with Crippen LogP contribution in [0.1, 0.15) is 13.8 Å². The van der Waals surface area contributed by atoms with Crippen molar-refractivity contribution >= 4 is 27.5 Å². The Labute approximate surface area is 92.1 Å². The molecule has 1 aromatic rings. The zero-order valence-electron chi connectivity index (χ0n) is 8.12. The highest BCUT2D eigenvalue weighted by atomic mass is 79.9. The van der Waals surface area contributed by atoms with Crippen LogP contribution < -0.4 is 5.11 Å². The molecule has 0 aromatic heterocycles. The van der Waals surface area contributed by atoms with Gasteiger partial charge in [0.15, 0.2) is 0 Å². The van der Waals surface area contributed by atoms with Gasteiger partial charge in [0.2, 0.25) is 0 Å². The maximum Gasteiger partial charge on any atom is 0.0623 e. The molecule has 0 spiro atoms. The lowest BCUT2D eigenvalue weighted by molar-refractivity contribution is -0.211. The van der Waals surface area contributed by atoms with Crippen LogP contribution in [0.2, 0.25) is 0 Å². The van der Waals surface area contributed by atoms with Gasteiger partial charge in [-0.25, -0.2) is 0 Å². The SMILES string of the molecule is CC(C)=CC([O-])=Nc1ccc(Br)cc1. The first-order valence-corrected chi connectivity index (χ1v) is 5.03. The number of benzene rings is 1. The standard InChI is InChI=1S/C11H12BrNO/c1-8(2)7-11(14)13-10-5-3-9(12)4-6-10/h3-7H,1-2H3,(H,13,14)/p-1. The predicted octanol–water partition coefficient (Wildman–Crippen LogP) is 2.81. The van der Waals surface area contributed by atoms with Crippen molar-refractivity contribution in [3.05, 3.63) is 40.4 Å². The van der Waals surface area contributed by atoms with E-state index in [1.807, 2.05) is 26.0 Å². The molecule has 0 aliphatic carbocycles. The van der Waals surface area contributed by atoms with Crippen molar-refractivity contribution in [2.75, 3.05) is 0 Å². The molecule has 0 radical (unpaired) electrons. The van der Waals surface area contributed by atoms with E-state index < -0.39 is 0 Å². The average Bonchev–Trinajstić information content (AvgIpc) is 2.07. The van der Waals surface area contributed by atoms with Gasteiger partial charge in [-0.1, -0.05) is 27.6 Å². The molecule has 1 rings (SSSR count). The van der Waals surface area contributed by atoms with Crippen molar-refractivity contribution in [3.63, 3.8) is 0 Å². The van der Waals surface area contributed by atoms with Crippen LogP contribution in [0.5, 0.6) is 0 Å². The van der Waals surface area contributed by atoms with Crippen molar-refractivity contribution in [3.8, 4) is 0 Å². The molecule has 0 N–H and O–H groups in total. The van der Waals surface area contributed by atoms with Gasteiger partial charge >= 0.3 is 0 Å². The molecule has 0 aliphatic heterocycles. The second-order valence-electron chi connectivity index (χ2n) is 3.15. The van der Waals surface area contributed by atoms with E-state index in [-0.39, 0.29) is 5.90 Å². The van der Waals surface area contributed by atoms with Crippen LogP contribution in [-0.2, 0) is 0 Å². The fourth-order valence-corrected chi connectivity index (χ4v) is 1.19. The Hall–Kier alpha value is -1.09. The molecule has 0 bridgehead atoms. The summed E-state index contributed by atoms with van der Waals surface area (Å²) in [7, 11) is 0. The number of nitrogens with zero attached hydrogens (tertiary/aromatic N) is 1. The van der Waals surface area contributed by atoms with Crippen molar-refractivity contribution < 1.29 is 5.11 Å². The second-order valence-corrected chi connectivity index (χ2v) is 4.06. The Morgan fingerprint density at radius 2 is 1.86 bits per heavy atom. The van der Waals surface area contributed by atoms with E-state index >= 15 is 0 Å². The van der Waals surface area contributed by atoms with E-state index in [0.717, 1.165) is 10.0 Å². The van der Waals surface area contributed by atoms with Gasteiger partial charge in [-0.3, -0.25) is 4.99 Å². The fraction of sp³-hybridized carbons (Fsp3) is 0.182. The van der Waals surface area contributed by atoms with Crippen molar-refractivity contribution in [2.45, 2.75) is 13.8 Å². The minimum Gasteiger partial charge on any atom is -0.859 e. The van der Waals surface area contributed by atoms with E-state index in [9.17, 15) is 5.11 Å². The third-order valence-corrected chi connectivity index (χ3v) is 2.01. The Kier molecular flexibility index (Phi) is 3.89. The molecule has 0 heterocycles. The summed E-state index contributed by atoms with van der Waals surface area (Å²) in [5.74, 6) is -0.215. The molecular weight excluding hydrogens is 242 g/mol. The number of rotatable bonds is 2. The topological polar surface area (TPSA) is 35.4 Å². The number of aliphatic imine (C=N–C) groups is 1. The van der Waals surface area contributed by atoms with Crippen LogP contribution in [0.15, 0.2) is 45.4 Å². The molecule has 0 fully saturated rings. The molecule has 3 heteroatoms. The summed E-state index contributed by atoms with van der Waals surface area (Å²) in [6.45, 7) is 3.74. The molecule has 74 valence electrons. The van der Waals surface area contributed by atoms with Gasteiger partial charge in [-0.15, -0.1) is 0 Å². The van der Waals surface area contributed by atoms with Crippen LogP contribution >= 0.6 is 15.9 Å². The first-order chi connectivity index (χ1) is 6.58. The van der Waals surface area contributed by atoms with Gasteiger partial charge in [0, 0.05) is 4.47 Å². The van der Waals surface area contributed by atoms with Crippen molar-refractivity contribution in [1.82, 2.24) is 0 Å². The van der Waals surface area contributed by atoms with Crippen LogP contribution in [-0.4, -0.2) is 5.90 Å². The lowest BCUT2D eigenvalue weighted by Crippen LogP contribution is -2.13. The number of halogens is 1. The molecular formula is C11H11BrNO-. The zero-order valence-corrected chi connectivity index (χ0v) is 9.71. The third kappa shape index (κ3) is 3.75. The highest BCUT2D eigenvalue weighted by Gasteiger charge is 1.88. The summed E-state index contributed by atoms with van der Waals surface area (Å²) < 4.78 is 0.978. The zero-order chi connectivity index (χ0) is 10.6. The van der Waals surface area contributed by atoms with Gasteiger partial charge in [-0.2, -0.15) is 0 Å². The average molecular weight is 253 g/mol. The molecule has 0 aliphatic rings. The summed E-state index contributed by atoms with van der Waals surface area (Å²) >= 11 is 3.31. The lowest BCUT2D eigenvalue weighted by atomic mass is 10.3. The number of allylic oxidation sites excluding steroid dienone is 1. The number of hydrogen-bond donors (Lipinski definition) is 0. The van der Waals surface area contributed by atoms with E-state index in [4.69, 9.17) is 0 Å². The van der Waals surface area contributed by atoms with Crippen LogP contribution in [0.25, 0.3) is 0 Å². The lowest BCUT2D eigenvalue weighted by Gasteiger charge is -2.05. The molecule has 2 nitrogen and oxygen atoms in total. The quantitative estimate of drug-likeness (QED) is 0.589. The van der Waals surface area contributed by atoms with Gasteiger partial charge in [0.25, 0.3) is 0 Å². The molecule has 0 saturated carbocycles. The summed E-state index contributed by atoms with van der Waals surface area (Å²) in [4.78, 5) is 3.90. The largest absolute Gasteiger partial charge is 0.859 e. The van der Waals surface area contributed by atoms with Gasteiger partial charge in [0.05, 0.1) is 5.69 Å². The van der Waals surface area contributed by atoms with E-state index in [0.29, 0.717) is 5.69 Å². The number of hydrogen-bond acceptors (Lipinski definition) is 2. The summed E-state index contributed by atoms with van der Waals surface area (Å²) in [5, 5.41) is 11.3. The van der Waals surface area contributed by atoms with Crippen molar-refractivity contribution in [1.29, 1.82) is 0 Å². The normalized spacial score (nSPS) is 11.2. The Morgan fingerprint density at radius 1 is 1.29 bits per heavy atom. The highest BCUT2D eigenvalue weighted by Crippen LogP contribution is 2.16. The molecule has 14 heavy (non-hydrogen) atoms. The minimum absolute atomic E-state index is 0.215. The van der Waals surface area contributed by atoms with Gasteiger partial charge in [0.1, 0.15) is 0 Å². The molecule has 0 unspecified atom stereocenters. The monoisotopic (exact) mass is 252 g/mol. The first kappa shape index (κ1) is 11.0. The molecule has 0 saturated heterocycles. The molecule has 1 aromatic carbocycles. The maximum atomic E-state index is 11.3. The molecule has 0 atom stereocenters. The van der Waals surface area contributed by atoms with Crippen molar-refractivity contribution in [2.24, 2.45) is 4.99 Å². The summed E-state index contributed by atoms with van der Waals surface area (Å²) in [5.41, 5.74) is 1.63. The Balaban J connectivity index is 2.87. The Morgan fingerprint density at radius 3 is 2.36 bits per heavy atom. The summed E-state index contributed by atoms with van der Waals surface area (Å²) in [6.07, 6.45) is 1.52. The van der Waals surface area contributed by atoms with Crippen LogP contribution in [0.4, 0.5) is 5.69 Å². The first-order valence-electron chi connectivity index (χ1n) is 4.24. The predicted molar refractivity (Wildman–Crippen MR) is 60.7 cm³/mol. The van der Waals surface area contributed by atoms with E-state index in [1.54, 1.807) is 12.1 Å². The summed E-state index contributed by atoms with van der Waals surface area (Å²) in [6, 6.07) is 7.30.